The van der Waals surface area contributed by atoms with Gasteiger partial charge in [-0.15, -0.1) is 0 Å². The fourth-order valence-electron chi connectivity index (χ4n) is 1.64. The lowest BCUT2D eigenvalue weighted by atomic mass is 10.3. The van der Waals surface area contributed by atoms with Crippen molar-refractivity contribution in [2.45, 2.75) is 0 Å². The van der Waals surface area contributed by atoms with Crippen molar-refractivity contribution in [2.24, 2.45) is 0 Å². The summed E-state index contributed by atoms with van der Waals surface area (Å²) >= 11 is 0. The number of amides is 2. The van der Waals surface area contributed by atoms with E-state index in [0.717, 1.165) is 0 Å². The first-order valence-electron chi connectivity index (χ1n) is 6.75. The molecule has 122 valence electrons. The fourth-order valence-corrected chi connectivity index (χ4v) is 2.71. The third-order valence-corrected chi connectivity index (χ3v) is 4.04. The third kappa shape index (κ3) is 7.75. The maximum atomic E-state index is 11.8. The van der Waals surface area contributed by atoms with Crippen molar-refractivity contribution in [1.29, 1.82) is 0 Å². The highest BCUT2D eigenvalue weighted by atomic mass is 32.2. The van der Waals surface area contributed by atoms with Crippen LogP contribution in [0.3, 0.4) is 0 Å². The molecule has 0 aliphatic rings. The summed E-state index contributed by atoms with van der Waals surface area (Å²) in [6, 6.07) is 8.53. The standard InChI is InChI=1S/C14H21N3O4S/c1-17(2)9-8-15-13(18)10-22(20,21)11-14(19)16-12-6-4-3-5-7-12/h3-7H,8-11H2,1-2H3,(H,15,18)(H,16,19). The second kappa shape index (κ2) is 8.50. The Kier molecular flexibility index (Phi) is 7.00. The summed E-state index contributed by atoms with van der Waals surface area (Å²) < 4.78 is 23.6. The summed E-state index contributed by atoms with van der Waals surface area (Å²) in [4.78, 5) is 25.1. The number of para-hydroxylation sites is 1. The summed E-state index contributed by atoms with van der Waals surface area (Å²) in [6.07, 6.45) is 0. The van der Waals surface area contributed by atoms with E-state index < -0.39 is 33.2 Å². The van der Waals surface area contributed by atoms with E-state index in [-0.39, 0.29) is 0 Å². The Morgan fingerprint density at radius 3 is 2.23 bits per heavy atom. The lowest BCUT2D eigenvalue weighted by Gasteiger charge is -2.10. The first-order valence-corrected chi connectivity index (χ1v) is 8.57. The van der Waals surface area contributed by atoms with Gasteiger partial charge in [-0.05, 0) is 26.2 Å². The summed E-state index contributed by atoms with van der Waals surface area (Å²) in [5, 5.41) is 4.97. The number of likely N-dealkylation sites (N-methyl/N-ethyl adjacent to an activating group) is 1. The molecule has 0 aliphatic carbocycles. The molecule has 7 nitrogen and oxygen atoms in total. The number of carbonyl (C=O) groups is 2. The summed E-state index contributed by atoms with van der Waals surface area (Å²) in [5.74, 6) is -2.67. The number of anilines is 1. The van der Waals surface area contributed by atoms with Crippen molar-refractivity contribution in [3.63, 3.8) is 0 Å². The van der Waals surface area contributed by atoms with E-state index >= 15 is 0 Å². The SMILES string of the molecule is CN(C)CCNC(=O)CS(=O)(=O)CC(=O)Nc1ccccc1. The van der Waals surface area contributed by atoms with Crippen LogP contribution in [-0.4, -0.2) is 63.8 Å². The largest absolute Gasteiger partial charge is 0.354 e. The Morgan fingerprint density at radius 1 is 1.05 bits per heavy atom. The molecule has 0 saturated carbocycles. The van der Waals surface area contributed by atoms with Gasteiger partial charge in [0.1, 0.15) is 11.5 Å². The topological polar surface area (TPSA) is 95.6 Å². The van der Waals surface area contributed by atoms with Gasteiger partial charge >= 0.3 is 0 Å². The molecular formula is C14H21N3O4S. The van der Waals surface area contributed by atoms with Crippen LogP contribution < -0.4 is 10.6 Å². The summed E-state index contributed by atoms with van der Waals surface area (Å²) in [6.45, 7) is 0.970. The highest BCUT2D eigenvalue weighted by Gasteiger charge is 2.20. The first-order chi connectivity index (χ1) is 10.3. The van der Waals surface area contributed by atoms with E-state index in [0.29, 0.717) is 18.8 Å². The smallest absolute Gasteiger partial charge is 0.239 e. The van der Waals surface area contributed by atoms with Crippen molar-refractivity contribution < 1.29 is 18.0 Å². The van der Waals surface area contributed by atoms with E-state index in [1.54, 1.807) is 30.3 Å². The molecule has 1 aromatic carbocycles. The van der Waals surface area contributed by atoms with Gasteiger partial charge in [-0.3, -0.25) is 9.59 Å². The van der Waals surface area contributed by atoms with Gasteiger partial charge in [0, 0.05) is 18.8 Å². The van der Waals surface area contributed by atoms with Gasteiger partial charge in [0.05, 0.1) is 0 Å². The number of sulfone groups is 1. The van der Waals surface area contributed by atoms with Crippen LogP contribution in [0.2, 0.25) is 0 Å². The number of nitrogens with zero attached hydrogens (tertiary/aromatic N) is 1. The molecule has 0 aromatic heterocycles. The maximum Gasteiger partial charge on any atom is 0.239 e. The van der Waals surface area contributed by atoms with Crippen LogP contribution in [-0.2, 0) is 19.4 Å². The quantitative estimate of drug-likeness (QED) is 0.684. The second-order valence-corrected chi connectivity index (χ2v) is 7.16. The third-order valence-electron chi connectivity index (χ3n) is 2.64. The number of carbonyl (C=O) groups excluding carboxylic acids is 2. The molecule has 8 heteroatoms. The highest BCUT2D eigenvalue weighted by molar-refractivity contribution is 7.92. The Hall–Kier alpha value is -1.93. The predicted molar refractivity (Wildman–Crippen MR) is 85.3 cm³/mol. The fraction of sp³-hybridized carbons (Fsp3) is 0.429. The average molecular weight is 327 g/mol. The zero-order chi connectivity index (χ0) is 16.6. The van der Waals surface area contributed by atoms with E-state index in [1.807, 2.05) is 19.0 Å². The molecule has 2 N–H and O–H groups in total. The number of benzene rings is 1. The lowest BCUT2D eigenvalue weighted by Crippen LogP contribution is -2.37. The molecule has 0 atom stereocenters. The van der Waals surface area contributed by atoms with E-state index in [4.69, 9.17) is 0 Å². The molecule has 1 aromatic rings. The van der Waals surface area contributed by atoms with Crippen molar-refractivity contribution in [3.8, 4) is 0 Å². The van der Waals surface area contributed by atoms with Crippen LogP contribution in [0.25, 0.3) is 0 Å². The van der Waals surface area contributed by atoms with Gasteiger partial charge in [0.2, 0.25) is 11.8 Å². The molecule has 0 radical (unpaired) electrons. The Bertz CT molecular complexity index is 600. The Balaban J connectivity index is 2.42. The molecular weight excluding hydrogens is 306 g/mol. The van der Waals surface area contributed by atoms with Crippen molar-refractivity contribution in [3.05, 3.63) is 30.3 Å². The van der Waals surface area contributed by atoms with Crippen LogP contribution in [0, 0.1) is 0 Å². The van der Waals surface area contributed by atoms with Gasteiger partial charge < -0.3 is 15.5 Å². The second-order valence-electron chi connectivity index (χ2n) is 5.10. The molecule has 0 saturated heterocycles. The average Bonchev–Trinajstić information content (AvgIpc) is 2.37. The van der Waals surface area contributed by atoms with Crippen molar-refractivity contribution in [2.75, 3.05) is 44.0 Å². The Morgan fingerprint density at radius 2 is 1.64 bits per heavy atom. The van der Waals surface area contributed by atoms with Crippen LogP contribution >= 0.6 is 0 Å². The first kappa shape index (κ1) is 18.1. The predicted octanol–water partition coefficient (Wildman–Crippen LogP) is -0.282. The monoisotopic (exact) mass is 327 g/mol. The molecule has 0 fully saturated rings. The molecule has 0 heterocycles. The molecule has 0 aliphatic heterocycles. The van der Waals surface area contributed by atoms with Crippen molar-refractivity contribution >= 4 is 27.3 Å². The van der Waals surface area contributed by atoms with Gasteiger partial charge in [-0.1, -0.05) is 18.2 Å². The van der Waals surface area contributed by atoms with Gasteiger partial charge in [-0.25, -0.2) is 8.42 Å². The molecule has 0 unspecified atom stereocenters. The summed E-state index contributed by atoms with van der Waals surface area (Å²) in [7, 11) is -0.100. The Labute approximate surface area is 130 Å². The minimum Gasteiger partial charge on any atom is -0.354 e. The van der Waals surface area contributed by atoms with Crippen LogP contribution in [0.5, 0.6) is 0 Å². The number of hydrogen-bond acceptors (Lipinski definition) is 5. The van der Waals surface area contributed by atoms with Crippen molar-refractivity contribution in [1.82, 2.24) is 10.2 Å². The molecule has 0 bridgehead atoms. The van der Waals surface area contributed by atoms with Crippen LogP contribution in [0.1, 0.15) is 0 Å². The van der Waals surface area contributed by atoms with Gasteiger partial charge in [0.15, 0.2) is 9.84 Å². The maximum absolute atomic E-state index is 11.8. The van der Waals surface area contributed by atoms with E-state index in [9.17, 15) is 18.0 Å². The number of rotatable bonds is 8. The number of nitrogens with one attached hydrogen (secondary N) is 2. The summed E-state index contributed by atoms with van der Waals surface area (Å²) in [5.41, 5.74) is 0.512. The van der Waals surface area contributed by atoms with Gasteiger partial charge in [0.25, 0.3) is 0 Å². The molecule has 0 spiro atoms. The minimum atomic E-state index is -3.79. The van der Waals surface area contributed by atoms with E-state index in [1.165, 1.54) is 0 Å². The number of hydrogen-bond donors (Lipinski definition) is 2. The molecule has 22 heavy (non-hydrogen) atoms. The zero-order valence-electron chi connectivity index (χ0n) is 12.7. The van der Waals surface area contributed by atoms with Crippen LogP contribution in [0.4, 0.5) is 5.69 Å². The minimum absolute atomic E-state index is 0.359. The van der Waals surface area contributed by atoms with Gasteiger partial charge in [-0.2, -0.15) is 0 Å². The zero-order valence-corrected chi connectivity index (χ0v) is 13.5. The normalized spacial score (nSPS) is 11.2. The molecule has 1 rings (SSSR count). The van der Waals surface area contributed by atoms with E-state index in [2.05, 4.69) is 10.6 Å². The lowest BCUT2D eigenvalue weighted by molar-refractivity contribution is -0.118. The highest BCUT2D eigenvalue weighted by Crippen LogP contribution is 2.05. The van der Waals surface area contributed by atoms with Crippen LogP contribution in [0.15, 0.2) is 30.3 Å². The molecule has 2 amide bonds.